The van der Waals surface area contributed by atoms with Crippen molar-refractivity contribution in [2.45, 2.75) is 31.5 Å². The van der Waals surface area contributed by atoms with Gasteiger partial charge in [-0.2, -0.15) is 24.9 Å². The molecule has 0 aliphatic heterocycles. The highest BCUT2D eigenvalue weighted by Crippen LogP contribution is 2.22. The van der Waals surface area contributed by atoms with E-state index in [2.05, 4.69) is 5.32 Å². The molecular formula is C9H14F3NO3S. The van der Waals surface area contributed by atoms with Crippen LogP contribution in [0.15, 0.2) is 0 Å². The number of alkyl halides is 3. The molecule has 1 atom stereocenters. The topological polar surface area (TPSA) is 66.4 Å². The van der Waals surface area contributed by atoms with Gasteiger partial charge in [-0.3, -0.25) is 4.79 Å². The number of aliphatic carboxylic acids is 1. The van der Waals surface area contributed by atoms with E-state index in [1.165, 1.54) is 11.8 Å². The molecular weight excluding hydrogens is 259 g/mol. The Labute approximate surface area is 101 Å². The fourth-order valence-electron chi connectivity index (χ4n) is 1.04. The highest BCUT2D eigenvalue weighted by Gasteiger charge is 2.25. The molecule has 0 aromatic carbocycles. The molecule has 0 saturated carbocycles. The maximum Gasteiger partial charge on any atom is 0.389 e. The largest absolute Gasteiger partial charge is 0.480 e. The number of halogens is 3. The van der Waals surface area contributed by atoms with Gasteiger partial charge in [-0.15, -0.1) is 0 Å². The molecule has 0 radical (unpaired) electrons. The van der Waals surface area contributed by atoms with Gasteiger partial charge in [0, 0.05) is 6.42 Å². The quantitative estimate of drug-likeness (QED) is 0.495. The van der Waals surface area contributed by atoms with Crippen molar-refractivity contribution in [2.75, 3.05) is 11.5 Å². The summed E-state index contributed by atoms with van der Waals surface area (Å²) in [6.45, 7) is 0. The summed E-state index contributed by atoms with van der Waals surface area (Å²) in [6.07, 6.45) is -4.44. The minimum absolute atomic E-state index is 0.0208. The molecule has 17 heavy (non-hydrogen) atoms. The molecule has 1 unspecified atom stereocenters. The first-order valence-corrected chi connectivity index (χ1v) is 6.09. The third-order valence-electron chi connectivity index (χ3n) is 1.87. The second kappa shape index (κ2) is 8.21. The lowest BCUT2D eigenvalue weighted by Gasteiger charge is -2.10. The Morgan fingerprint density at radius 3 is 2.53 bits per heavy atom. The van der Waals surface area contributed by atoms with Crippen LogP contribution in [-0.2, 0) is 9.59 Å². The maximum absolute atomic E-state index is 11.8. The Balaban J connectivity index is 3.55. The molecule has 4 nitrogen and oxygen atoms in total. The van der Waals surface area contributed by atoms with Crippen molar-refractivity contribution in [2.24, 2.45) is 0 Å². The zero-order valence-corrected chi connectivity index (χ0v) is 9.81. The summed E-state index contributed by atoms with van der Waals surface area (Å²) < 4.78 is 35.3. The van der Waals surface area contributed by atoms with E-state index in [9.17, 15) is 22.8 Å². The van der Waals surface area contributed by atoms with Crippen molar-refractivity contribution < 1.29 is 27.9 Å². The first kappa shape index (κ1) is 16.1. The van der Waals surface area contributed by atoms with Crippen LogP contribution in [0.5, 0.6) is 0 Å². The van der Waals surface area contributed by atoms with E-state index >= 15 is 0 Å². The average Bonchev–Trinajstić information content (AvgIpc) is 2.19. The number of rotatable bonds is 9. The van der Waals surface area contributed by atoms with E-state index in [1.807, 2.05) is 0 Å². The van der Waals surface area contributed by atoms with Crippen molar-refractivity contribution in [3.8, 4) is 0 Å². The number of carboxylic acid groups (broad SMARTS) is 1. The van der Waals surface area contributed by atoms with Crippen LogP contribution >= 0.6 is 11.8 Å². The molecule has 0 saturated heterocycles. The number of nitrogens with one attached hydrogen (secondary N) is 1. The average molecular weight is 273 g/mol. The first-order valence-electron chi connectivity index (χ1n) is 4.94. The molecule has 0 heterocycles. The van der Waals surface area contributed by atoms with E-state index < -0.39 is 24.6 Å². The summed E-state index contributed by atoms with van der Waals surface area (Å²) >= 11 is 1.25. The molecule has 1 amide bonds. The maximum atomic E-state index is 11.8. The van der Waals surface area contributed by atoms with Gasteiger partial charge in [-0.1, -0.05) is 0 Å². The van der Waals surface area contributed by atoms with E-state index in [4.69, 9.17) is 5.11 Å². The van der Waals surface area contributed by atoms with Crippen LogP contribution in [0, 0.1) is 0 Å². The SMILES string of the molecule is O=CNC(CCSCCCC(F)(F)F)C(=O)O. The number of thioether (sulfide) groups is 1. The fourth-order valence-corrected chi connectivity index (χ4v) is 1.99. The van der Waals surface area contributed by atoms with Gasteiger partial charge >= 0.3 is 12.1 Å². The van der Waals surface area contributed by atoms with Crippen molar-refractivity contribution in [3.63, 3.8) is 0 Å². The van der Waals surface area contributed by atoms with Crippen molar-refractivity contribution in [3.05, 3.63) is 0 Å². The van der Waals surface area contributed by atoms with Gasteiger partial charge in [0.1, 0.15) is 6.04 Å². The lowest BCUT2D eigenvalue weighted by molar-refractivity contribution is -0.140. The Morgan fingerprint density at radius 1 is 1.41 bits per heavy atom. The molecule has 2 N–H and O–H groups in total. The number of carbonyl (C=O) groups is 2. The van der Waals surface area contributed by atoms with E-state index in [0.29, 0.717) is 17.9 Å². The minimum atomic E-state index is -4.14. The number of amides is 1. The molecule has 8 heteroatoms. The summed E-state index contributed by atoms with van der Waals surface area (Å²) in [6, 6.07) is -0.970. The number of hydrogen-bond acceptors (Lipinski definition) is 3. The number of carbonyl (C=O) groups excluding carboxylic acids is 1. The van der Waals surface area contributed by atoms with Gasteiger partial charge in [0.25, 0.3) is 0 Å². The van der Waals surface area contributed by atoms with E-state index in [0.717, 1.165) is 0 Å². The van der Waals surface area contributed by atoms with Crippen LogP contribution in [0.3, 0.4) is 0 Å². The lowest BCUT2D eigenvalue weighted by atomic mass is 10.2. The summed E-state index contributed by atoms with van der Waals surface area (Å²) in [5.74, 6) is -0.421. The van der Waals surface area contributed by atoms with E-state index in [-0.39, 0.29) is 12.8 Å². The predicted octanol–water partition coefficient (Wildman–Crippen LogP) is 1.65. The van der Waals surface area contributed by atoms with Crippen LogP contribution in [-0.4, -0.2) is 41.2 Å². The summed E-state index contributed by atoms with van der Waals surface area (Å²) in [5, 5.41) is 10.8. The Morgan fingerprint density at radius 2 is 2.06 bits per heavy atom. The Bertz CT molecular complexity index is 248. The molecule has 100 valence electrons. The summed E-state index contributed by atoms with van der Waals surface area (Å²) in [5.41, 5.74) is 0. The highest BCUT2D eigenvalue weighted by atomic mass is 32.2. The molecule has 0 spiro atoms. The predicted molar refractivity (Wildman–Crippen MR) is 57.9 cm³/mol. The van der Waals surface area contributed by atoms with E-state index in [1.54, 1.807) is 0 Å². The van der Waals surface area contributed by atoms with Crippen LogP contribution in [0.2, 0.25) is 0 Å². The molecule has 0 aromatic rings. The van der Waals surface area contributed by atoms with Crippen LogP contribution in [0.1, 0.15) is 19.3 Å². The Kier molecular flexibility index (Phi) is 7.77. The van der Waals surface area contributed by atoms with Crippen LogP contribution < -0.4 is 5.32 Å². The van der Waals surface area contributed by atoms with Crippen molar-refractivity contribution >= 4 is 24.1 Å². The van der Waals surface area contributed by atoms with Crippen LogP contribution in [0.25, 0.3) is 0 Å². The zero-order valence-electron chi connectivity index (χ0n) is 9.00. The Hall–Kier alpha value is -0.920. The normalized spacial score (nSPS) is 13.1. The lowest BCUT2D eigenvalue weighted by Crippen LogP contribution is -2.36. The summed E-state index contributed by atoms with van der Waals surface area (Å²) in [7, 11) is 0. The second-order valence-corrected chi connectivity index (χ2v) is 4.52. The minimum Gasteiger partial charge on any atom is -0.480 e. The van der Waals surface area contributed by atoms with Gasteiger partial charge in [0.15, 0.2) is 0 Å². The molecule has 0 aliphatic carbocycles. The summed E-state index contributed by atoms with van der Waals surface area (Å²) in [4.78, 5) is 20.6. The van der Waals surface area contributed by atoms with Gasteiger partial charge < -0.3 is 10.4 Å². The molecule has 0 rings (SSSR count). The highest BCUT2D eigenvalue weighted by molar-refractivity contribution is 7.99. The first-order chi connectivity index (χ1) is 7.87. The van der Waals surface area contributed by atoms with Gasteiger partial charge in [-0.25, -0.2) is 4.79 Å². The second-order valence-electron chi connectivity index (χ2n) is 3.30. The van der Waals surface area contributed by atoms with Crippen molar-refractivity contribution in [1.82, 2.24) is 5.32 Å². The molecule has 0 fully saturated rings. The van der Waals surface area contributed by atoms with Gasteiger partial charge in [-0.05, 0) is 24.3 Å². The standard InChI is InChI=1S/C9H14F3NO3S/c10-9(11,12)3-1-4-17-5-2-7(8(15)16)13-6-14/h6-7H,1-5H2,(H,13,14)(H,15,16). The molecule has 0 bridgehead atoms. The molecule has 0 aliphatic rings. The fraction of sp³-hybridized carbons (Fsp3) is 0.778. The third kappa shape index (κ3) is 9.98. The van der Waals surface area contributed by atoms with Gasteiger partial charge in [0.2, 0.25) is 6.41 Å². The number of carboxylic acids is 1. The van der Waals surface area contributed by atoms with Crippen molar-refractivity contribution in [1.29, 1.82) is 0 Å². The monoisotopic (exact) mass is 273 g/mol. The third-order valence-corrected chi connectivity index (χ3v) is 2.97. The molecule has 0 aromatic heterocycles. The zero-order chi connectivity index (χ0) is 13.3. The number of hydrogen-bond donors (Lipinski definition) is 2. The smallest absolute Gasteiger partial charge is 0.389 e. The van der Waals surface area contributed by atoms with Gasteiger partial charge in [0.05, 0.1) is 0 Å². The van der Waals surface area contributed by atoms with Crippen LogP contribution in [0.4, 0.5) is 13.2 Å².